The van der Waals surface area contributed by atoms with E-state index in [0.717, 1.165) is 0 Å². The molecule has 0 aliphatic rings. The summed E-state index contributed by atoms with van der Waals surface area (Å²) in [5, 5.41) is 9.52. The first-order valence-corrected chi connectivity index (χ1v) is 5.34. The minimum Gasteiger partial charge on any atom is -0.389 e. The van der Waals surface area contributed by atoms with Crippen LogP contribution < -0.4 is 10.6 Å². The van der Waals surface area contributed by atoms with Gasteiger partial charge in [0.05, 0.1) is 12.7 Å². The number of hydrogen-bond acceptors (Lipinski definition) is 6. The molecule has 0 saturated carbocycles. The Kier molecular flexibility index (Phi) is 4.90. The summed E-state index contributed by atoms with van der Waals surface area (Å²) in [6.45, 7) is 0.124. The first kappa shape index (κ1) is 15.4. The Morgan fingerprint density at radius 2 is 2.11 bits per heavy atom. The number of likely N-dealkylation sites (N-methyl/N-ethyl adjacent to an activating group) is 1. The molecule has 0 aromatic carbocycles. The zero-order valence-corrected chi connectivity index (χ0v) is 10.5. The van der Waals surface area contributed by atoms with Crippen LogP contribution in [0.4, 0.5) is 24.8 Å². The number of nitrogens with zero attached hydrogens (tertiary/aromatic N) is 3. The minimum absolute atomic E-state index is 0.0185. The molecule has 3 N–H and O–H groups in total. The molecule has 6 nitrogen and oxygen atoms in total. The zero-order valence-electron chi connectivity index (χ0n) is 10.5. The monoisotopic (exact) mass is 280 g/mol. The second-order valence-electron chi connectivity index (χ2n) is 3.96. The fourth-order valence-electron chi connectivity index (χ4n) is 1.43. The summed E-state index contributed by atoms with van der Waals surface area (Å²) in [5.41, 5.74) is 5.32. The number of nitrogen functional groups attached to an aromatic ring is 1. The number of hydrogen-bond donors (Lipinski definition) is 2. The van der Waals surface area contributed by atoms with Crippen molar-refractivity contribution in [3.8, 4) is 0 Å². The average molecular weight is 280 g/mol. The van der Waals surface area contributed by atoms with Gasteiger partial charge >= 0.3 is 6.18 Å². The highest BCUT2D eigenvalue weighted by atomic mass is 19.4. The summed E-state index contributed by atoms with van der Waals surface area (Å²) >= 11 is 0. The molecule has 19 heavy (non-hydrogen) atoms. The van der Waals surface area contributed by atoms with Gasteiger partial charge in [-0.1, -0.05) is 0 Å². The number of aromatic nitrogens is 2. The molecule has 0 fully saturated rings. The number of ether oxygens (including phenoxy) is 1. The second-order valence-corrected chi connectivity index (χ2v) is 3.96. The summed E-state index contributed by atoms with van der Waals surface area (Å²) in [7, 11) is 2.90. The van der Waals surface area contributed by atoms with E-state index in [4.69, 9.17) is 10.5 Å². The van der Waals surface area contributed by atoms with Gasteiger partial charge in [0.15, 0.2) is 0 Å². The quantitative estimate of drug-likeness (QED) is 0.818. The van der Waals surface area contributed by atoms with Gasteiger partial charge in [0.1, 0.15) is 11.6 Å². The Morgan fingerprint density at radius 3 is 2.63 bits per heavy atom. The highest BCUT2D eigenvalue weighted by Gasteiger charge is 2.35. The van der Waals surface area contributed by atoms with Gasteiger partial charge in [-0.25, -0.2) is 9.97 Å². The molecule has 1 heterocycles. The molecule has 1 unspecified atom stereocenters. The molecule has 9 heteroatoms. The predicted octanol–water partition coefficient (Wildman–Crippen LogP) is 0.521. The lowest BCUT2D eigenvalue weighted by Gasteiger charge is -2.22. The Balaban J connectivity index is 2.91. The number of rotatable bonds is 5. The fraction of sp³-hybridized carbons (Fsp3) is 0.600. The normalized spacial score (nSPS) is 13.4. The molecular weight excluding hydrogens is 265 g/mol. The van der Waals surface area contributed by atoms with Crippen LogP contribution in [0.25, 0.3) is 0 Å². The van der Waals surface area contributed by atoms with Gasteiger partial charge in [-0.15, -0.1) is 0 Å². The van der Waals surface area contributed by atoms with Gasteiger partial charge in [0, 0.05) is 26.8 Å². The van der Waals surface area contributed by atoms with Crippen LogP contribution in [0, 0.1) is 0 Å². The first-order valence-electron chi connectivity index (χ1n) is 5.34. The van der Waals surface area contributed by atoms with Crippen LogP contribution in [0.15, 0.2) is 6.07 Å². The Hall–Kier alpha value is -1.61. The van der Waals surface area contributed by atoms with Crippen LogP contribution in [0.3, 0.4) is 0 Å². The Labute approximate surface area is 108 Å². The van der Waals surface area contributed by atoms with Crippen molar-refractivity contribution in [3.05, 3.63) is 11.9 Å². The van der Waals surface area contributed by atoms with Gasteiger partial charge in [-0.05, 0) is 0 Å². The second kappa shape index (κ2) is 6.02. The molecular formula is C10H15F3N4O2. The van der Waals surface area contributed by atoms with Gasteiger partial charge in [0.2, 0.25) is 5.82 Å². The average Bonchev–Trinajstić information content (AvgIpc) is 2.27. The maximum atomic E-state index is 12.5. The predicted molar refractivity (Wildman–Crippen MR) is 62.6 cm³/mol. The molecule has 1 atom stereocenters. The van der Waals surface area contributed by atoms with Crippen molar-refractivity contribution >= 4 is 11.6 Å². The van der Waals surface area contributed by atoms with Gasteiger partial charge in [-0.3, -0.25) is 0 Å². The van der Waals surface area contributed by atoms with Crippen LogP contribution >= 0.6 is 0 Å². The maximum Gasteiger partial charge on any atom is 0.451 e. The summed E-state index contributed by atoms with van der Waals surface area (Å²) in [6.07, 6.45) is -5.52. The SMILES string of the molecule is COCC(O)CN(C)c1cc(N)nc(C(F)(F)F)n1. The zero-order chi connectivity index (χ0) is 14.6. The lowest BCUT2D eigenvalue weighted by molar-refractivity contribution is -0.144. The Bertz CT molecular complexity index is 428. The van der Waals surface area contributed by atoms with Crippen LogP contribution in [0.2, 0.25) is 0 Å². The minimum atomic E-state index is -4.67. The molecule has 108 valence electrons. The van der Waals surface area contributed by atoms with E-state index in [1.165, 1.54) is 25.1 Å². The first-order chi connectivity index (χ1) is 8.74. The smallest absolute Gasteiger partial charge is 0.389 e. The third kappa shape index (κ3) is 4.52. The Morgan fingerprint density at radius 1 is 1.47 bits per heavy atom. The van der Waals surface area contributed by atoms with E-state index in [9.17, 15) is 18.3 Å². The van der Waals surface area contributed by atoms with Crippen LogP contribution in [-0.2, 0) is 10.9 Å². The van der Waals surface area contributed by atoms with Crippen molar-refractivity contribution in [3.63, 3.8) is 0 Å². The van der Waals surface area contributed by atoms with Crippen molar-refractivity contribution < 1.29 is 23.0 Å². The molecule has 1 rings (SSSR count). The molecule has 0 aliphatic carbocycles. The topological polar surface area (TPSA) is 84.5 Å². The van der Waals surface area contributed by atoms with E-state index in [1.54, 1.807) is 0 Å². The van der Waals surface area contributed by atoms with E-state index in [0.29, 0.717) is 0 Å². The van der Waals surface area contributed by atoms with Crippen molar-refractivity contribution in [2.24, 2.45) is 0 Å². The summed E-state index contributed by atoms with van der Waals surface area (Å²) in [5.74, 6) is -1.61. The molecule has 0 spiro atoms. The number of alkyl halides is 3. The number of anilines is 2. The number of methoxy groups -OCH3 is 1. The molecule has 1 aromatic rings. The van der Waals surface area contributed by atoms with E-state index in [-0.39, 0.29) is 24.8 Å². The molecule has 0 amide bonds. The molecule has 0 aliphatic heterocycles. The number of aliphatic hydroxyl groups excluding tert-OH is 1. The molecule has 0 radical (unpaired) electrons. The standard InChI is InChI=1S/C10H15F3N4O2/c1-17(4-6(18)5-19-2)8-3-7(14)15-9(16-8)10(11,12)13/h3,6,18H,4-5H2,1-2H3,(H2,14,15,16). The number of aliphatic hydroxyl groups is 1. The van der Waals surface area contributed by atoms with Crippen LogP contribution in [0.5, 0.6) is 0 Å². The third-order valence-corrected chi connectivity index (χ3v) is 2.22. The summed E-state index contributed by atoms with van der Waals surface area (Å²) < 4.78 is 42.3. The highest BCUT2D eigenvalue weighted by molar-refractivity contribution is 5.46. The van der Waals surface area contributed by atoms with Gasteiger partial charge in [-0.2, -0.15) is 13.2 Å². The van der Waals surface area contributed by atoms with Crippen LogP contribution in [0.1, 0.15) is 5.82 Å². The van der Waals surface area contributed by atoms with Crippen molar-refractivity contribution in [1.29, 1.82) is 0 Å². The molecule has 1 aromatic heterocycles. The van der Waals surface area contributed by atoms with Crippen molar-refractivity contribution in [2.45, 2.75) is 12.3 Å². The molecule has 0 bridgehead atoms. The molecule has 0 saturated heterocycles. The van der Waals surface area contributed by atoms with E-state index in [1.807, 2.05) is 0 Å². The summed E-state index contributed by atoms with van der Waals surface area (Å²) in [4.78, 5) is 7.85. The van der Waals surface area contributed by atoms with Crippen LogP contribution in [-0.4, -0.2) is 48.5 Å². The van der Waals surface area contributed by atoms with Gasteiger partial charge < -0.3 is 20.5 Å². The largest absolute Gasteiger partial charge is 0.451 e. The van der Waals surface area contributed by atoms with Gasteiger partial charge in [0.25, 0.3) is 0 Å². The summed E-state index contributed by atoms with van der Waals surface area (Å²) in [6, 6.07) is 1.20. The third-order valence-electron chi connectivity index (χ3n) is 2.22. The van der Waals surface area contributed by atoms with Crippen molar-refractivity contribution in [2.75, 3.05) is 37.9 Å². The lowest BCUT2D eigenvalue weighted by atomic mass is 10.3. The maximum absolute atomic E-state index is 12.5. The fourth-order valence-corrected chi connectivity index (χ4v) is 1.43. The van der Waals surface area contributed by atoms with E-state index < -0.39 is 18.1 Å². The highest BCUT2D eigenvalue weighted by Crippen LogP contribution is 2.28. The number of halogens is 3. The van der Waals surface area contributed by atoms with E-state index >= 15 is 0 Å². The number of nitrogens with two attached hydrogens (primary N) is 1. The van der Waals surface area contributed by atoms with E-state index in [2.05, 4.69) is 9.97 Å². The van der Waals surface area contributed by atoms with Crippen molar-refractivity contribution in [1.82, 2.24) is 9.97 Å². The lowest BCUT2D eigenvalue weighted by Crippen LogP contribution is -2.33.